The van der Waals surface area contributed by atoms with Crippen LogP contribution in [-0.4, -0.2) is 13.6 Å². The lowest BCUT2D eigenvalue weighted by molar-refractivity contribution is 0.877. The molecule has 2 N–H and O–H groups in total. The summed E-state index contributed by atoms with van der Waals surface area (Å²) in [6, 6.07) is 18.0. The molecular weight excluding hydrogens is 234 g/mol. The Bertz CT molecular complexity index is 585. The normalized spacial score (nSPS) is 9.89. The first-order chi connectivity index (χ1) is 9.20. The third-order valence-electron chi connectivity index (χ3n) is 3.18. The van der Waals surface area contributed by atoms with Crippen molar-refractivity contribution < 1.29 is 0 Å². The van der Waals surface area contributed by atoms with Crippen molar-refractivity contribution in [2.24, 2.45) is 0 Å². The van der Waals surface area contributed by atoms with Gasteiger partial charge in [0.2, 0.25) is 0 Å². The smallest absolute Gasteiger partial charge is 0.101 e. The van der Waals surface area contributed by atoms with Crippen LogP contribution in [0.1, 0.15) is 11.1 Å². The molecule has 0 saturated carbocycles. The number of hydrogen-bond donors (Lipinski definition) is 1. The molecule has 0 aliphatic carbocycles. The fourth-order valence-corrected chi connectivity index (χ4v) is 1.95. The van der Waals surface area contributed by atoms with Crippen LogP contribution < -0.4 is 10.6 Å². The van der Waals surface area contributed by atoms with Crippen LogP contribution in [0.25, 0.3) is 0 Å². The van der Waals surface area contributed by atoms with Gasteiger partial charge in [0, 0.05) is 25.0 Å². The monoisotopic (exact) mass is 251 g/mol. The number of nitriles is 1. The fraction of sp³-hybridized carbons (Fsp3) is 0.188. The Balaban J connectivity index is 2.04. The van der Waals surface area contributed by atoms with Gasteiger partial charge in [-0.2, -0.15) is 5.26 Å². The zero-order valence-electron chi connectivity index (χ0n) is 11.0. The van der Waals surface area contributed by atoms with Gasteiger partial charge in [0.1, 0.15) is 6.07 Å². The van der Waals surface area contributed by atoms with E-state index in [0.29, 0.717) is 11.3 Å². The number of nitrogen functional groups attached to an aromatic ring is 1. The molecule has 0 aromatic heterocycles. The summed E-state index contributed by atoms with van der Waals surface area (Å²) < 4.78 is 0. The molecule has 0 unspecified atom stereocenters. The van der Waals surface area contributed by atoms with E-state index in [1.54, 1.807) is 6.07 Å². The lowest BCUT2D eigenvalue weighted by Gasteiger charge is -2.19. The molecule has 3 nitrogen and oxygen atoms in total. The molecule has 3 heteroatoms. The van der Waals surface area contributed by atoms with Gasteiger partial charge in [0.15, 0.2) is 0 Å². The van der Waals surface area contributed by atoms with Crippen LogP contribution in [0.2, 0.25) is 0 Å². The maximum Gasteiger partial charge on any atom is 0.101 e. The maximum atomic E-state index is 8.98. The summed E-state index contributed by atoms with van der Waals surface area (Å²) in [7, 11) is 2.02. The molecular formula is C16H17N3. The third kappa shape index (κ3) is 3.26. The predicted molar refractivity (Wildman–Crippen MR) is 79.0 cm³/mol. The highest BCUT2D eigenvalue weighted by Gasteiger charge is 2.05. The summed E-state index contributed by atoms with van der Waals surface area (Å²) in [4.78, 5) is 2.13. The van der Waals surface area contributed by atoms with Crippen LogP contribution in [0.15, 0.2) is 48.5 Å². The van der Waals surface area contributed by atoms with Crippen molar-refractivity contribution in [1.29, 1.82) is 5.26 Å². The summed E-state index contributed by atoms with van der Waals surface area (Å²) in [6.07, 6.45) is 0.976. The molecule has 0 aliphatic rings. The van der Waals surface area contributed by atoms with Crippen LogP contribution in [0, 0.1) is 11.3 Å². The Labute approximate surface area is 113 Å². The van der Waals surface area contributed by atoms with E-state index in [-0.39, 0.29) is 0 Å². The van der Waals surface area contributed by atoms with Gasteiger partial charge < -0.3 is 10.6 Å². The number of hydrogen-bond acceptors (Lipinski definition) is 3. The maximum absolute atomic E-state index is 8.98. The second-order valence-corrected chi connectivity index (χ2v) is 4.54. The van der Waals surface area contributed by atoms with E-state index in [0.717, 1.165) is 18.7 Å². The number of benzene rings is 2. The van der Waals surface area contributed by atoms with Gasteiger partial charge in [-0.25, -0.2) is 0 Å². The van der Waals surface area contributed by atoms with Crippen molar-refractivity contribution in [1.82, 2.24) is 0 Å². The van der Waals surface area contributed by atoms with Gasteiger partial charge in [0.05, 0.1) is 5.56 Å². The second kappa shape index (κ2) is 5.92. The van der Waals surface area contributed by atoms with Crippen LogP contribution in [0.3, 0.4) is 0 Å². The van der Waals surface area contributed by atoms with Crippen molar-refractivity contribution in [3.05, 3.63) is 59.7 Å². The summed E-state index contributed by atoms with van der Waals surface area (Å²) >= 11 is 0. The molecule has 2 aromatic carbocycles. The van der Waals surface area contributed by atoms with Gasteiger partial charge in [-0.3, -0.25) is 0 Å². The Kier molecular flexibility index (Phi) is 4.04. The summed E-state index contributed by atoms with van der Waals surface area (Å²) in [5.41, 5.74) is 9.11. The average molecular weight is 251 g/mol. The van der Waals surface area contributed by atoms with Gasteiger partial charge in [0.25, 0.3) is 0 Å². The minimum atomic E-state index is 0.530. The van der Waals surface area contributed by atoms with Gasteiger partial charge in [-0.15, -0.1) is 0 Å². The molecule has 0 saturated heterocycles. The first-order valence-electron chi connectivity index (χ1n) is 6.25. The molecule has 0 fully saturated rings. The minimum absolute atomic E-state index is 0.530. The molecule has 2 rings (SSSR count). The second-order valence-electron chi connectivity index (χ2n) is 4.54. The quantitative estimate of drug-likeness (QED) is 0.850. The number of rotatable bonds is 4. The largest absolute Gasteiger partial charge is 0.398 e. The molecule has 0 spiro atoms. The highest BCUT2D eigenvalue weighted by molar-refractivity contribution is 5.62. The topological polar surface area (TPSA) is 53.0 Å². The molecule has 0 atom stereocenters. The molecule has 0 radical (unpaired) electrons. The number of nitrogens with zero attached hydrogens (tertiary/aromatic N) is 2. The van der Waals surface area contributed by atoms with Crippen LogP contribution in [-0.2, 0) is 6.42 Å². The highest BCUT2D eigenvalue weighted by atomic mass is 15.1. The highest BCUT2D eigenvalue weighted by Crippen LogP contribution is 2.20. The van der Waals surface area contributed by atoms with E-state index in [1.165, 1.54) is 5.56 Å². The minimum Gasteiger partial charge on any atom is -0.398 e. The first-order valence-corrected chi connectivity index (χ1v) is 6.25. The van der Waals surface area contributed by atoms with Crippen LogP contribution in [0.5, 0.6) is 0 Å². The standard InChI is InChI=1S/C16H17N3/c1-19(10-9-13-5-3-2-4-6-13)15-7-8-16(18)14(11-15)12-17/h2-8,11H,9-10,18H2,1H3. The zero-order chi connectivity index (χ0) is 13.7. The van der Waals surface area contributed by atoms with Crippen molar-refractivity contribution in [3.63, 3.8) is 0 Å². The SMILES string of the molecule is CN(CCc1ccccc1)c1ccc(N)c(C#N)c1. The van der Waals surface area contributed by atoms with E-state index in [4.69, 9.17) is 11.0 Å². The van der Waals surface area contributed by atoms with Crippen LogP contribution >= 0.6 is 0 Å². The van der Waals surface area contributed by atoms with Crippen LogP contribution in [0.4, 0.5) is 11.4 Å². The first kappa shape index (κ1) is 13.0. The van der Waals surface area contributed by atoms with E-state index < -0.39 is 0 Å². The van der Waals surface area contributed by atoms with Crippen molar-refractivity contribution in [2.75, 3.05) is 24.2 Å². The number of likely N-dealkylation sites (N-methyl/N-ethyl adjacent to an activating group) is 1. The summed E-state index contributed by atoms with van der Waals surface area (Å²) in [5, 5.41) is 8.98. The average Bonchev–Trinajstić information content (AvgIpc) is 2.46. The zero-order valence-corrected chi connectivity index (χ0v) is 11.0. The molecule has 19 heavy (non-hydrogen) atoms. The third-order valence-corrected chi connectivity index (χ3v) is 3.18. The van der Waals surface area contributed by atoms with Crippen molar-refractivity contribution in [2.45, 2.75) is 6.42 Å². The van der Waals surface area contributed by atoms with Gasteiger partial charge >= 0.3 is 0 Å². The van der Waals surface area contributed by atoms with E-state index in [2.05, 4.69) is 23.1 Å². The van der Waals surface area contributed by atoms with E-state index >= 15 is 0 Å². The Morgan fingerprint density at radius 2 is 1.89 bits per heavy atom. The van der Waals surface area contributed by atoms with Gasteiger partial charge in [-0.1, -0.05) is 30.3 Å². The van der Waals surface area contributed by atoms with Crippen molar-refractivity contribution in [3.8, 4) is 6.07 Å². The molecule has 0 amide bonds. The Hall–Kier alpha value is -2.47. The van der Waals surface area contributed by atoms with Crippen molar-refractivity contribution >= 4 is 11.4 Å². The lowest BCUT2D eigenvalue weighted by atomic mass is 10.1. The number of anilines is 2. The molecule has 2 aromatic rings. The predicted octanol–water partition coefficient (Wildman–Crippen LogP) is 2.82. The Morgan fingerprint density at radius 3 is 2.58 bits per heavy atom. The lowest BCUT2D eigenvalue weighted by Crippen LogP contribution is -2.20. The fourth-order valence-electron chi connectivity index (χ4n) is 1.95. The summed E-state index contributed by atoms with van der Waals surface area (Å²) in [5.74, 6) is 0. The summed E-state index contributed by atoms with van der Waals surface area (Å²) in [6.45, 7) is 0.902. The van der Waals surface area contributed by atoms with Gasteiger partial charge in [-0.05, 0) is 30.2 Å². The van der Waals surface area contributed by atoms with E-state index in [1.807, 2.05) is 37.4 Å². The molecule has 0 aliphatic heterocycles. The number of nitrogens with two attached hydrogens (primary N) is 1. The Morgan fingerprint density at radius 1 is 1.16 bits per heavy atom. The molecule has 0 heterocycles. The van der Waals surface area contributed by atoms with E-state index in [9.17, 15) is 0 Å². The molecule has 96 valence electrons. The molecule has 0 bridgehead atoms.